The average molecular weight is 363 g/mol. The Morgan fingerprint density at radius 2 is 1.78 bits per heavy atom. The molecule has 1 aromatic heterocycles. The largest absolute Gasteiger partial charge is 0.355 e. The number of fused-ring (bicyclic) bond motifs is 1. The van der Waals surface area contributed by atoms with Gasteiger partial charge in [-0.3, -0.25) is 19.0 Å². The highest BCUT2D eigenvalue weighted by molar-refractivity contribution is 6.06. The molecule has 3 rings (SSSR count). The number of amides is 2. The summed E-state index contributed by atoms with van der Waals surface area (Å²) in [7, 11) is 1.51. The van der Waals surface area contributed by atoms with Crippen molar-refractivity contribution >= 4 is 28.4 Å². The first-order valence-electron chi connectivity index (χ1n) is 8.63. The molecule has 6 heteroatoms. The molecule has 3 aromatic rings. The number of rotatable bonds is 4. The summed E-state index contributed by atoms with van der Waals surface area (Å²) in [6.07, 6.45) is 0. The first-order valence-corrected chi connectivity index (χ1v) is 8.63. The quantitative estimate of drug-likeness (QED) is 0.748. The standard InChI is InChI=1S/C21H21N3O3/c1-13-7-6-9-17(14(13)2)23-19(25)12-24-18-10-5-4-8-15(18)16(11-20(24)26)21(27)22-3/h4-11H,12H2,1-3H3,(H,22,27)(H,23,25). The van der Waals surface area contributed by atoms with Gasteiger partial charge in [0.2, 0.25) is 5.91 Å². The van der Waals surface area contributed by atoms with E-state index >= 15 is 0 Å². The fourth-order valence-corrected chi connectivity index (χ4v) is 3.04. The van der Waals surface area contributed by atoms with E-state index in [4.69, 9.17) is 0 Å². The number of para-hydroxylation sites is 1. The Balaban J connectivity index is 1.99. The fourth-order valence-electron chi connectivity index (χ4n) is 3.04. The van der Waals surface area contributed by atoms with Crippen LogP contribution in [-0.4, -0.2) is 23.4 Å². The minimum Gasteiger partial charge on any atom is -0.355 e. The Bertz CT molecular complexity index is 1100. The number of anilines is 1. The Hall–Kier alpha value is -3.41. The van der Waals surface area contributed by atoms with E-state index in [0.717, 1.165) is 16.8 Å². The molecule has 27 heavy (non-hydrogen) atoms. The lowest BCUT2D eigenvalue weighted by Crippen LogP contribution is -2.30. The summed E-state index contributed by atoms with van der Waals surface area (Å²) >= 11 is 0. The lowest BCUT2D eigenvalue weighted by molar-refractivity contribution is -0.116. The van der Waals surface area contributed by atoms with Gasteiger partial charge in [-0.2, -0.15) is 0 Å². The third kappa shape index (κ3) is 3.60. The monoisotopic (exact) mass is 363 g/mol. The van der Waals surface area contributed by atoms with Gasteiger partial charge in [-0.1, -0.05) is 30.3 Å². The number of carbonyl (C=O) groups is 2. The minimum absolute atomic E-state index is 0.138. The minimum atomic E-state index is -0.400. The van der Waals surface area contributed by atoms with E-state index in [1.54, 1.807) is 24.3 Å². The molecule has 0 aliphatic heterocycles. The maximum Gasteiger partial charge on any atom is 0.252 e. The number of pyridine rings is 1. The Kier molecular flexibility index (Phi) is 5.07. The molecule has 6 nitrogen and oxygen atoms in total. The fraction of sp³-hybridized carbons (Fsp3) is 0.190. The SMILES string of the molecule is CNC(=O)c1cc(=O)n(CC(=O)Nc2cccc(C)c2C)c2ccccc12. The van der Waals surface area contributed by atoms with Crippen LogP contribution in [0.2, 0.25) is 0 Å². The zero-order valence-electron chi connectivity index (χ0n) is 15.5. The van der Waals surface area contributed by atoms with Crippen molar-refractivity contribution in [3.8, 4) is 0 Å². The lowest BCUT2D eigenvalue weighted by atomic mass is 10.1. The zero-order valence-corrected chi connectivity index (χ0v) is 15.5. The van der Waals surface area contributed by atoms with Crippen LogP contribution in [0.15, 0.2) is 53.3 Å². The summed E-state index contributed by atoms with van der Waals surface area (Å²) in [6.45, 7) is 3.77. The predicted octanol–water partition coefficient (Wildman–Crippen LogP) is 2.62. The van der Waals surface area contributed by atoms with Gasteiger partial charge >= 0.3 is 0 Å². The third-order valence-corrected chi connectivity index (χ3v) is 4.67. The second kappa shape index (κ2) is 7.45. The number of benzene rings is 2. The second-order valence-electron chi connectivity index (χ2n) is 6.37. The number of aromatic nitrogens is 1. The van der Waals surface area contributed by atoms with E-state index in [2.05, 4.69) is 10.6 Å². The Labute approximate surface area is 156 Å². The predicted molar refractivity (Wildman–Crippen MR) is 106 cm³/mol. The molecule has 1 heterocycles. The molecular weight excluding hydrogens is 342 g/mol. The highest BCUT2D eigenvalue weighted by Gasteiger charge is 2.15. The number of nitrogens with zero attached hydrogens (tertiary/aromatic N) is 1. The molecule has 0 radical (unpaired) electrons. The van der Waals surface area contributed by atoms with Gasteiger partial charge in [-0.15, -0.1) is 0 Å². The number of hydrogen-bond acceptors (Lipinski definition) is 3. The molecule has 0 bridgehead atoms. The molecule has 138 valence electrons. The topological polar surface area (TPSA) is 80.2 Å². The molecule has 0 saturated heterocycles. The molecule has 0 aliphatic rings. The summed E-state index contributed by atoms with van der Waals surface area (Å²) in [5.74, 6) is -0.640. The van der Waals surface area contributed by atoms with Crippen molar-refractivity contribution in [3.63, 3.8) is 0 Å². The maximum absolute atomic E-state index is 12.6. The summed E-state index contributed by atoms with van der Waals surface area (Å²) in [4.78, 5) is 37.2. The number of aryl methyl sites for hydroxylation is 1. The van der Waals surface area contributed by atoms with Crippen molar-refractivity contribution in [3.05, 3.63) is 75.6 Å². The van der Waals surface area contributed by atoms with E-state index in [9.17, 15) is 14.4 Å². The molecule has 2 N–H and O–H groups in total. The van der Waals surface area contributed by atoms with E-state index < -0.39 is 5.56 Å². The van der Waals surface area contributed by atoms with Crippen molar-refractivity contribution in [1.29, 1.82) is 0 Å². The van der Waals surface area contributed by atoms with E-state index in [1.165, 1.54) is 17.7 Å². The van der Waals surface area contributed by atoms with Crippen LogP contribution >= 0.6 is 0 Å². The van der Waals surface area contributed by atoms with Crippen molar-refractivity contribution in [1.82, 2.24) is 9.88 Å². The number of nitrogens with one attached hydrogen (secondary N) is 2. The van der Waals surface area contributed by atoms with Gasteiger partial charge in [0.05, 0.1) is 11.1 Å². The van der Waals surface area contributed by atoms with Gasteiger partial charge in [-0.25, -0.2) is 0 Å². The van der Waals surface area contributed by atoms with Gasteiger partial charge in [0.1, 0.15) is 6.54 Å². The van der Waals surface area contributed by atoms with E-state index in [-0.39, 0.29) is 18.4 Å². The molecule has 0 saturated carbocycles. The summed E-state index contributed by atoms with van der Waals surface area (Å²) in [6, 6.07) is 14.0. The summed E-state index contributed by atoms with van der Waals surface area (Å²) in [5, 5.41) is 6.02. The third-order valence-electron chi connectivity index (χ3n) is 4.67. The molecule has 0 aliphatic carbocycles. The van der Waals surface area contributed by atoms with Crippen molar-refractivity contribution in [2.45, 2.75) is 20.4 Å². The van der Waals surface area contributed by atoms with Crippen LogP contribution in [0.25, 0.3) is 10.9 Å². The average Bonchev–Trinajstić information content (AvgIpc) is 2.67. The van der Waals surface area contributed by atoms with Gasteiger partial charge in [0.25, 0.3) is 11.5 Å². The van der Waals surface area contributed by atoms with Crippen LogP contribution in [0.3, 0.4) is 0 Å². The van der Waals surface area contributed by atoms with Crippen LogP contribution in [0.5, 0.6) is 0 Å². The number of hydrogen-bond donors (Lipinski definition) is 2. The van der Waals surface area contributed by atoms with Crippen LogP contribution in [-0.2, 0) is 11.3 Å². The van der Waals surface area contributed by atoms with E-state index in [1.807, 2.05) is 32.0 Å². The Morgan fingerprint density at radius 1 is 1.04 bits per heavy atom. The maximum atomic E-state index is 12.6. The van der Waals surface area contributed by atoms with Crippen molar-refractivity contribution in [2.75, 3.05) is 12.4 Å². The molecule has 0 fully saturated rings. The molecule has 2 amide bonds. The van der Waals surface area contributed by atoms with Crippen LogP contribution in [0.4, 0.5) is 5.69 Å². The van der Waals surface area contributed by atoms with E-state index in [0.29, 0.717) is 16.5 Å². The van der Waals surface area contributed by atoms with Crippen LogP contribution in [0.1, 0.15) is 21.5 Å². The molecule has 0 spiro atoms. The normalized spacial score (nSPS) is 10.6. The highest BCUT2D eigenvalue weighted by atomic mass is 16.2. The number of carbonyl (C=O) groups excluding carboxylic acids is 2. The Morgan fingerprint density at radius 3 is 2.52 bits per heavy atom. The summed E-state index contributed by atoms with van der Waals surface area (Å²) < 4.78 is 1.38. The lowest BCUT2D eigenvalue weighted by Gasteiger charge is -2.14. The first kappa shape index (κ1) is 18.4. The van der Waals surface area contributed by atoms with Crippen molar-refractivity contribution in [2.24, 2.45) is 0 Å². The first-order chi connectivity index (χ1) is 12.9. The molecule has 0 atom stereocenters. The molecule has 2 aromatic carbocycles. The van der Waals surface area contributed by atoms with Gasteiger partial charge in [0.15, 0.2) is 0 Å². The zero-order chi connectivity index (χ0) is 19.6. The smallest absolute Gasteiger partial charge is 0.252 e. The molecular formula is C21H21N3O3. The second-order valence-corrected chi connectivity index (χ2v) is 6.37. The van der Waals surface area contributed by atoms with Crippen molar-refractivity contribution < 1.29 is 9.59 Å². The summed E-state index contributed by atoms with van der Waals surface area (Å²) in [5.41, 5.74) is 3.22. The van der Waals surface area contributed by atoms with Gasteiger partial charge < -0.3 is 10.6 Å². The van der Waals surface area contributed by atoms with Crippen LogP contribution in [0, 0.1) is 13.8 Å². The van der Waals surface area contributed by atoms with Gasteiger partial charge in [-0.05, 0) is 37.1 Å². The highest BCUT2D eigenvalue weighted by Crippen LogP contribution is 2.19. The van der Waals surface area contributed by atoms with Gasteiger partial charge in [0, 0.05) is 24.2 Å². The van der Waals surface area contributed by atoms with Crippen LogP contribution < -0.4 is 16.2 Å². The molecule has 0 unspecified atom stereocenters.